The number of hydrogen-bond donors (Lipinski definition) is 2. The number of halogens is 1. The number of likely N-dealkylation sites (tertiary alicyclic amines) is 1. The number of carboxylic acids is 1. The number of aliphatic carboxylic acids is 1. The van der Waals surface area contributed by atoms with Gasteiger partial charge in [0.05, 0.1) is 11.6 Å². The quantitative estimate of drug-likeness (QED) is 0.281. The number of hydrogen-bond acceptors (Lipinski definition) is 4. The van der Waals surface area contributed by atoms with Crippen molar-refractivity contribution >= 4 is 35.0 Å². The van der Waals surface area contributed by atoms with E-state index < -0.39 is 23.7 Å². The van der Waals surface area contributed by atoms with Gasteiger partial charge in [-0.2, -0.15) is 0 Å². The molecule has 0 unspecified atom stereocenters. The molecule has 2 aromatic carbocycles. The molecule has 0 saturated carbocycles. The molecule has 0 spiro atoms. The van der Waals surface area contributed by atoms with Crippen LogP contribution in [0.25, 0.3) is 5.76 Å². The number of carboxylic acid groups (broad SMARTS) is 1. The van der Waals surface area contributed by atoms with Crippen LogP contribution in [0.3, 0.4) is 0 Å². The zero-order valence-electron chi connectivity index (χ0n) is 16.3. The first-order valence-corrected chi connectivity index (χ1v) is 10.1. The summed E-state index contributed by atoms with van der Waals surface area (Å²) in [6.45, 7) is 0.293. The second kappa shape index (κ2) is 9.59. The molecule has 2 aromatic rings. The van der Waals surface area contributed by atoms with Crippen molar-refractivity contribution < 1.29 is 24.6 Å². The summed E-state index contributed by atoms with van der Waals surface area (Å²) >= 11 is 5.91. The minimum absolute atomic E-state index is 0.0408. The highest BCUT2D eigenvalue weighted by Gasteiger charge is 2.45. The fraction of sp³-hybridized carbons (Fsp3) is 0.261. The predicted molar refractivity (Wildman–Crippen MR) is 113 cm³/mol. The van der Waals surface area contributed by atoms with E-state index in [4.69, 9.17) is 16.7 Å². The first-order valence-electron chi connectivity index (χ1n) is 9.71. The molecule has 3 rings (SSSR count). The maximum atomic E-state index is 12.8. The Hall–Kier alpha value is -3.12. The molecule has 7 heteroatoms. The average Bonchev–Trinajstić information content (AvgIpc) is 2.99. The average molecular weight is 428 g/mol. The number of benzene rings is 2. The highest BCUT2D eigenvalue weighted by molar-refractivity contribution is 6.46. The normalized spacial score (nSPS) is 18.0. The van der Waals surface area contributed by atoms with E-state index in [0.717, 1.165) is 5.56 Å². The number of ketones is 1. The number of nitrogens with zero attached hydrogens (tertiary/aromatic N) is 1. The molecule has 1 heterocycles. The highest BCUT2D eigenvalue weighted by Crippen LogP contribution is 2.39. The third-order valence-electron chi connectivity index (χ3n) is 5.06. The number of unbranched alkanes of at least 4 members (excludes halogenated alkanes) is 2. The first kappa shape index (κ1) is 21.6. The minimum Gasteiger partial charge on any atom is -0.507 e. The molecule has 1 atom stereocenters. The summed E-state index contributed by atoms with van der Waals surface area (Å²) in [5.41, 5.74) is 1.16. The van der Waals surface area contributed by atoms with Crippen LogP contribution >= 0.6 is 11.6 Å². The summed E-state index contributed by atoms with van der Waals surface area (Å²) in [6.07, 6.45) is 1.75. The van der Waals surface area contributed by atoms with Gasteiger partial charge in [-0.15, -0.1) is 0 Å². The SMILES string of the molecule is O=C(O)CCCCCN1C(=O)C(=O)C(=C(O)c2ccc(Cl)cc2)[C@@H]1c1ccccc1. The largest absolute Gasteiger partial charge is 0.507 e. The monoisotopic (exact) mass is 427 g/mol. The lowest BCUT2D eigenvalue weighted by molar-refractivity contribution is -0.140. The maximum absolute atomic E-state index is 12.8. The molecule has 6 nitrogen and oxygen atoms in total. The van der Waals surface area contributed by atoms with Crippen molar-refractivity contribution in [1.29, 1.82) is 0 Å². The van der Waals surface area contributed by atoms with Crippen molar-refractivity contribution in [3.8, 4) is 0 Å². The van der Waals surface area contributed by atoms with Gasteiger partial charge in [0.15, 0.2) is 0 Å². The smallest absolute Gasteiger partial charge is 0.303 e. The Morgan fingerprint density at radius 2 is 1.60 bits per heavy atom. The van der Waals surface area contributed by atoms with Crippen LogP contribution in [0.2, 0.25) is 5.02 Å². The Morgan fingerprint density at radius 3 is 2.23 bits per heavy atom. The molecule has 1 aliphatic heterocycles. The lowest BCUT2D eigenvalue weighted by Crippen LogP contribution is -2.30. The van der Waals surface area contributed by atoms with Crippen LogP contribution in [-0.2, 0) is 14.4 Å². The van der Waals surface area contributed by atoms with Gasteiger partial charge in [0.1, 0.15) is 5.76 Å². The predicted octanol–water partition coefficient (Wildman–Crippen LogP) is 4.41. The summed E-state index contributed by atoms with van der Waals surface area (Å²) in [6, 6.07) is 14.8. The molecule has 1 fully saturated rings. The molecule has 0 aliphatic carbocycles. The van der Waals surface area contributed by atoms with Gasteiger partial charge in [-0.1, -0.05) is 48.4 Å². The van der Waals surface area contributed by atoms with Crippen LogP contribution < -0.4 is 0 Å². The fourth-order valence-electron chi connectivity index (χ4n) is 3.59. The van der Waals surface area contributed by atoms with Crippen molar-refractivity contribution in [3.05, 3.63) is 76.3 Å². The van der Waals surface area contributed by atoms with Gasteiger partial charge in [0.25, 0.3) is 11.7 Å². The summed E-state index contributed by atoms with van der Waals surface area (Å²) < 4.78 is 0. The molecule has 0 bridgehead atoms. The van der Waals surface area contributed by atoms with Crippen LogP contribution in [0, 0.1) is 0 Å². The molecule has 1 aliphatic rings. The molecule has 30 heavy (non-hydrogen) atoms. The maximum Gasteiger partial charge on any atom is 0.303 e. The van der Waals surface area contributed by atoms with Crippen molar-refractivity contribution in [2.75, 3.05) is 6.54 Å². The number of carbonyl (C=O) groups excluding carboxylic acids is 2. The van der Waals surface area contributed by atoms with E-state index in [2.05, 4.69) is 0 Å². The van der Waals surface area contributed by atoms with Gasteiger partial charge in [0, 0.05) is 23.6 Å². The van der Waals surface area contributed by atoms with Crippen molar-refractivity contribution in [3.63, 3.8) is 0 Å². The zero-order chi connectivity index (χ0) is 21.7. The minimum atomic E-state index is -0.859. The van der Waals surface area contributed by atoms with Crippen LogP contribution in [-0.4, -0.2) is 39.3 Å². The molecule has 156 valence electrons. The molecule has 2 N–H and O–H groups in total. The Balaban J connectivity index is 1.94. The van der Waals surface area contributed by atoms with Gasteiger partial charge >= 0.3 is 5.97 Å². The van der Waals surface area contributed by atoms with E-state index in [-0.39, 0.29) is 17.8 Å². The fourth-order valence-corrected chi connectivity index (χ4v) is 3.72. The highest BCUT2D eigenvalue weighted by atomic mass is 35.5. The van der Waals surface area contributed by atoms with E-state index in [0.29, 0.717) is 36.4 Å². The van der Waals surface area contributed by atoms with Gasteiger partial charge in [-0.25, -0.2) is 0 Å². The summed E-state index contributed by atoms with van der Waals surface area (Å²) in [7, 11) is 0. The molecule has 0 aromatic heterocycles. The Morgan fingerprint density at radius 1 is 0.933 bits per heavy atom. The number of rotatable bonds is 8. The molecular weight excluding hydrogens is 406 g/mol. The Labute approximate surface area is 179 Å². The van der Waals surface area contributed by atoms with E-state index in [1.54, 1.807) is 24.3 Å². The summed E-state index contributed by atoms with van der Waals surface area (Å²) in [5, 5.41) is 20.1. The van der Waals surface area contributed by atoms with Crippen molar-refractivity contribution in [1.82, 2.24) is 4.90 Å². The lowest BCUT2D eigenvalue weighted by Gasteiger charge is -2.25. The van der Waals surface area contributed by atoms with Gasteiger partial charge in [0.2, 0.25) is 0 Å². The summed E-state index contributed by atoms with van der Waals surface area (Å²) in [5.74, 6) is -2.51. The van der Waals surface area contributed by atoms with Crippen molar-refractivity contribution in [2.24, 2.45) is 0 Å². The Bertz CT molecular complexity index is 969. The molecular formula is C23H22ClNO5. The number of amides is 1. The second-order valence-corrected chi connectivity index (χ2v) is 7.55. The van der Waals surface area contributed by atoms with Gasteiger partial charge < -0.3 is 15.1 Å². The number of aliphatic hydroxyl groups is 1. The van der Waals surface area contributed by atoms with Crippen LogP contribution in [0.15, 0.2) is 60.2 Å². The zero-order valence-corrected chi connectivity index (χ0v) is 17.0. The molecule has 1 amide bonds. The van der Waals surface area contributed by atoms with Gasteiger partial charge in [-0.3, -0.25) is 14.4 Å². The van der Waals surface area contributed by atoms with Crippen LogP contribution in [0.1, 0.15) is 42.9 Å². The van der Waals surface area contributed by atoms with E-state index in [9.17, 15) is 19.5 Å². The third kappa shape index (κ3) is 4.71. The van der Waals surface area contributed by atoms with Crippen molar-refractivity contribution in [2.45, 2.75) is 31.7 Å². The number of carbonyl (C=O) groups is 3. The second-order valence-electron chi connectivity index (χ2n) is 7.11. The van der Waals surface area contributed by atoms with E-state index >= 15 is 0 Å². The topological polar surface area (TPSA) is 94.9 Å². The third-order valence-corrected chi connectivity index (χ3v) is 5.31. The van der Waals surface area contributed by atoms with Gasteiger partial charge in [-0.05, 0) is 42.7 Å². The van der Waals surface area contributed by atoms with E-state index in [1.165, 1.54) is 4.90 Å². The van der Waals surface area contributed by atoms with E-state index in [1.807, 2.05) is 30.3 Å². The lowest BCUT2D eigenvalue weighted by atomic mass is 9.95. The Kier molecular flexibility index (Phi) is 6.90. The first-order chi connectivity index (χ1) is 14.4. The van der Waals surface area contributed by atoms with Crippen LogP contribution in [0.5, 0.6) is 0 Å². The number of aliphatic hydroxyl groups excluding tert-OH is 1. The molecule has 0 radical (unpaired) electrons. The van der Waals surface area contributed by atoms with Crippen LogP contribution in [0.4, 0.5) is 0 Å². The number of Topliss-reactive ketones (excluding diaryl/α,β-unsaturated/α-hetero) is 1. The standard InChI is InChI=1S/C23H22ClNO5/c24-17-12-10-16(11-13-17)21(28)19-20(15-7-3-1-4-8-15)25(23(30)22(19)29)14-6-2-5-9-18(26)27/h1,3-4,7-8,10-13,20,28H,2,5-6,9,14H2,(H,26,27)/t20-/m0/s1. The molecule has 1 saturated heterocycles. The summed E-state index contributed by atoms with van der Waals surface area (Å²) in [4.78, 5) is 37.8.